The molecule has 1 aliphatic rings. The maximum absolute atomic E-state index is 2.47. The molecule has 4 nitrogen and oxygen atoms in total. The van der Waals surface area contributed by atoms with Gasteiger partial charge in [0.05, 0.1) is 0 Å². The summed E-state index contributed by atoms with van der Waals surface area (Å²) in [6, 6.07) is 0. The quantitative estimate of drug-likeness (QED) is 0.406. The van der Waals surface area contributed by atoms with E-state index in [1.807, 2.05) is 0 Å². The normalized spacial score (nSPS) is 27.0. The van der Waals surface area contributed by atoms with Crippen molar-refractivity contribution in [1.29, 1.82) is 0 Å². The van der Waals surface area contributed by atoms with Gasteiger partial charge in [-0.15, -0.1) is 0 Å². The van der Waals surface area contributed by atoms with Crippen LogP contribution in [-0.4, -0.2) is 101 Å². The molecule has 8 heteroatoms. The predicted octanol–water partition coefficient (Wildman–Crippen LogP) is -2.14. The molecular weight excluding hydrogens is 420 g/mol. The van der Waals surface area contributed by atoms with E-state index >= 15 is 0 Å². The summed E-state index contributed by atoms with van der Waals surface area (Å²) in [4.78, 5) is 0. The molecule has 0 atom stereocenters. The van der Waals surface area contributed by atoms with Crippen LogP contribution in [0.4, 0.5) is 0 Å². The van der Waals surface area contributed by atoms with Crippen LogP contribution in [0.3, 0.4) is 0 Å². The molecule has 1 fully saturated rings. The van der Waals surface area contributed by atoms with Gasteiger partial charge in [-0.05, 0) is 0 Å². The van der Waals surface area contributed by atoms with E-state index in [4.69, 9.17) is 0 Å². The summed E-state index contributed by atoms with van der Waals surface area (Å²) in [5.41, 5.74) is 0. The van der Waals surface area contributed by atoms with E-state index in [9.17, 15) is 0 Å². The predicted molar refractivity (Wildman–Crippen MR) is 54.1 cm³/mol. The third-order valence-electron chi connectivity index (χ3n) is 0.920. The summed E-state index contributed by atoms with van der Waals surface area (Å²) in [6.07, 6.45) is 0. The molecule has 1 saturated heterocycles. The van der Waals surface area contributed by atoms with E-state index < -0.39 is 0 Å². The minimum absolute atomic E-state index is 0.555. The Bertz CT molecular complexity index is 107. The van der Waals surface area contributed by atoms with Gasteiger partial charge in [-0.2, -0.15) is 0 Å². The summed E-state index contributed by atoms with van der Waals surface area (Å²) >= 11 is 2.22. The summed E-state index contributed by atoms with van der Waals surface area (Å²) in [5, 5.41) is 0. The van der Waals surface area contributed by atoms with Crippen molar-refractivity contribution in [3.63, 3.8) is 0 Å². The van der Waals surface area contributed by atoms with Gasteiger partial charge < -0.3 is 0 Å². The molecule has 0 unspecified atom stereocenters. The Morgan fingerprint density at radius 2 is 0.667 bits per heavy atom. The van der Waals surface area contributed by atoms with Crippen molar-refractivity contribution in [3.05, 3.63) is 0 Å². The van der Waals surface area contributed by atoms with Crippen LogP contribution in [0.25, 0.3) is 0 Å². The molecule has 1 rings (SSSR count). The molecule has 0 aromatic carbocycles. The van der Waals surface area contributed by atoms with Gasteiger partial charge in [-0.25, -0.2) is 0 Å². The zero-order valence-electron chi connectivity index (χ0n) is 7.42. The minimum atomic E-state index is 0.555. The summed E-state index contributed by atoms with van der Waals surface area (Å²) in [7, 11) is 8.91. The molecule has 0 aliphatic carbocycles. The van der Waals surface area contributed by atoms with Gasteiger partial charge in [-0.3, -0.25) is 0 Å². The molecule has 1 aliphatic heterocycles. The molecule has 1 heterocycles. The Balaban J connectivity index is 2.45. The Labute approximate surface area is 101 Å². The van der Waals surface area contributed by atoms with Gasteiger partial charge in [-0.1, -0.05) is 0 Å². The number of hydrogen-bond donors (Lipinski definition) is 0. The molecule has 0 N–H and O–H groups in total. The second-order valence-corrected chi connectivity index (χ2v) is 17.3. The van der Waals surface area contributed by atoms with Gasteiger partial charge in [0, 0.05) is 0 Å². The molecular formula is C4H12N4Se4. The molecule has 12 heavy (non-hydrogen) atoms. The summed E-state index contributed by atoms with van der Waals surface area (Å²) in [5.74, 6) is 0. The first-order valence-corrected chi connectivity index (χ1v) is 9.38. The van der Waals surface area contributed by atoms with Crippen molar-refractivity contribution in [2.24, 2.45) is 0 Å². The maximum atomic E-state index is 2.47. The molecule has 0 aromatic rings. The van der Waals surface area contributed by atoms with E-state index in [-0.39, 0.29) is 0 Å². The molecule has 0 bridgehead atoms. The van der Waals surface area contributed by atoms with Crippen molar-refractivity contribution < 1.29 is 0 Å². The Hall–Kier alpha value is 1.92. The first-order chi connectivity index (χ1) is 5.58. The van der Waals surface area contributed by atoms with Crippen molar-refractivity contribution in [2.75, 3.05) is 28.2 Å². The van der Waals surface area contributed by atoms with E-state index in [0.29, 0.717) is 61.6 Å². The van der Waals surface area contributed by atoms with Gasteiger partial charge in [0.25, 0.3) is 0 Å². The molecule has 0 aromatic heterocycles. The molecule has 0 spiro atoms. The third-order valence-corrected chi connectivity index (χ3v) is 10.6. The van der Waals surface area contributed by atoms with Crippen LogP contribution in [0.15, 0.2) is 0 Å². The van der Waals surface area contributed by atoms with Crippen LogP contribution in [0.5, 0.6) is 0 Å². The molecule has 0 amide bonds. The van der Waals surface area contributed by atoms with Gasteiger partial charge in [0.1, 0.15) is 0 Å². The van der Waals surface area contributed by atoms with Gasteiger partial charge in [0.2, 0.25) is 0 Å². The van der Waals surface area contributed by atoms with Crippen LogP contribution < -0.4 is 0 Å². The Morgan fingerprint density at radius 3 is 0.833 bits per heavy atom. The SMILES string of the molecule is CN1[Se]N(C)[Se]N(C)[Se]N(C)[Se]1. The van der Waals surface area contributed by atoms with Gasteiger partial charge >= 0.3 is 101 Å². The fourth-order valence-corrected chi connectivity index (χ4v) is 18.1. The number of rotatable bonds is 0. The second-order valence-electron chi connectivity index (χ2n) is 2.09. The third kappa shape index (κ3) is 4.42. The van der Waals surface area contributed by atoms with Crippen LogP contribution >= 0.6 is 0 Å². The summed E-state index contributed by atoms with van der Waals surface area (Å²) in [6.45, 7) is 0. The molecule has 0 saturated carbocycles. The van der Waals surface area contributed by atoms with E-state index in [1.165, 1.54) is 0 Å². The summed E-state index contributed by atoms with van der Waals surface area (Å²) < 4.78 is 9.88. The number of nitrogens with zero attached hydrogens (tertiary/aromatic N) is 4. The first kappa shape index (κ1) is 12.0. The van der Waals surface area contributed by atoms with Crippen molar-refractivity contribution >= 4 is 61.6 Å². The van der Waals surface area contributed by atoms with Crippen LogP contribution in [0.2, 0.25) is 0 Å². The van der Waals surface area contributed by atoms with Crippen molar-refractivity contribution in [1.82, 2.24) is 11.7 Å². The monoisotopic (exact) mass is 436 g/mol. The Kier molecular flexibility index (Phi) is 5.71. The fourth-order valence-electron chi connectivity index (χ4n) is 0.707. The van der Waals surface area contributed by atoms with Gasteiger partial charge in [0.15, 0.2) is 0 Å². The van der Waals surface area contributed by atoms with Crippen molar-refractivity contribution in [2.45, 2.75) is 0 Å². The van der Waals surface area contributed by atoms with E-state index in [1.54, 1.807) is 0 Å². The first-order valence-electron chi connectivity index (χ1n) is 3.25. The van der Waals surface area contributed by atoms with E-state index in [0.717, 1.165) is 0 Å². The topological polar surface area (TPSA) is 13.0 Å². The zero-order chi connectivity index (χ0) is 9.14. The fraction of sp³-hybridized carbons (Fsp3) is 1.00. The Morgan fingerprint density at radius 1 is 0.500 bits per heavy atom. The van der Waals surface area contributed by atoms with Crippen molar-refractivity contribution in [3.8, 4) is 0 Å². The van der Waals surface area contributed by atoms with Crippen LogP contribution in [0, 0.1) is 0 Å². The molecule has 0 radical (unpaired) electrons. The standard InChI is InChI=1S/C4H12N4Se4/c1-5-9-6(2)11-8(4)12-7(3)10-5/h1-4H3. The number of hydrogen-bond acceptors (Lipinski definition) is 4. The van der Waals surface area contributed by atoms with Crippen LogP contribution in [-0.2, 0) is 0 Å². The van der Waals surface area contributed by atoms with Crippen LogP contribution in [0.1, 0.15) is 0 Å². The second kappa shape index (κ2) is 5.72. The average molecular weight is 432 g/mol. The molecule has 72 valence electrons. The van der Waals surface area contributed by atoms with E-state index in [2.05, 4.69) is 39.9 Å². The average Bonchev–Trinajstić information content (AvgIpc) is 1.81. The zero-order valence-corrected chi connectivity index (χ0v) is 14.3.